The molecule has 0 aliphatic carbocycles. The average Bonchev–Trinajstić information content (AvgIpc) is 2.27. The Hall–Kier alpha value is -1.53. The average molecular weight is 212 g/mol. The molecular weight excluding hydrogens is 200 g/mol. The minimum absolute atomic E-state index is 0.124. The molecule has 2 N–H and O–H groups in total. The SMILES string of the molecule is COC(=O)C(O)C(O)c1ccc(C)nn1. The Labute approximate surface area is 86.5 Å². The largest absolute Gasteiger partial charge is 0.467 e. The number of aromatic nitrogens is 2. The summed E-state index contributed by atoms with van der Waals surface area (Å²) in [6.45, 7) is 1.74. The lowest BCUT2D eigenvalue weighted by Gasteiger charge is -2.14. The predicted octanol–water partition coefficient (Wildman–Crippen LogP) is -0.648. The first kappa shape index (κ1) is 11.5. The number of carbonyl (C=O) groups is 1. The van der Waals surface area contributed by atoms with E-state index in [0.29, 0.717) is 5.69 Å². The van der Waals surface area contributed by atoms with Gasteiger partial charge < -0.3 is 14.9 Å². The van der Waals surface area contributed by atoms with Crippen molar-refractivity contribution < 1.29 is 19.7 Å². The molecule has 0 radical (unpaired) electrons. The van der Waals surface area contributed by atoms with E-state index in [1.54, 1.807) is 13.0 Å². The molecule has 6 heteroatoms. The molecule has 82 valence electrons. The van der Waals surface area contributed by atoms with Crippen molar-refractivity contribution in [1.29, 1.82) is 0 Å². The van der Waals surface area contributed by atoms with Crippen molar-refractivity contribution >= 4 is 5.97 Å². The third-order valence-corrected chi connectivity index (χ3v) is 1.86. The van der Waals surface area contributed by atoms with Crippen LogP contribution in [-0.2, 0) is 9.53 Å². The molecule has 0 saturated heterocycles. The molecule has 1 aromatic rings. The maximum absolute atomic E-state index is 10.9. The topological polar surface area (TPSA) is 92.5 Å². The summed E-state index contributed by atoms with van der Waals surface area (Å²) in [6.07, 6.45) is -3.07. The fraction of sp³-hybridized carbons (Fsp3) is 0.444. The summed E-state index contributed by atoms with van der Waals surface area (Å²) in [6, 6.07) is 3.11. The normalized spacial score (nSPS) is 14.4. The monoisotopic (exact) mass is 212 g/mol. The fourth-order valence-electron chi connectivity index (χ4n) is 0.978. The highest BCUT2D eigenvalue weighted by Gasteiger charge is 2.27. The number of esters is 1. The standard InChI is InChI=1S/C9H12N2O4/c1-5-3-4-6(11-10-5)7(12)8(13)9(14)15-2/h3-4,7-8,12-13H,1-2H3. The number of hydrogen-bond acceptors (Lipinski definition) is 6. The van der Waals surface area contributed by atoms with Crippen molar-refractivity contribution in [1.82, 2.24) is 10.2 Å². The highest BCUT2D eigenvalue weighted by atomic mass is 16.5. The molecule has 1 rings (SSSR count). The highest BCUT2D eigenvalue weighted by Crippen LogP contribution is 2.14. The maximum Gasteiger partial charge on any atom is 0.337 e. The van der Waals surface area contributed by atoms with Crippen molar-refractivity contribution in [2.24, 2.45) is 0 Å². The van der Waals surface area contributed by atoms with Crippen LogP contribution in [-0.4, -0.2) is 39.6 Å². The number of ether oxygens (including phenoxy) is 1. The number of carbonyl (C=O) groups excluding carboxylic acids is 1. The van der Waals surface area contributed by atoms with Gasteiger partial charge in [0.15, 0.2) is 6.10 Å². The van der Waals surface area contributed by atoms with E-state index < -0.39 is 18.2 Å². The Morgan fingerprint density at radius 3 is 2.53 bits per heavy atom. The summed E-state index contributed by atoms with van der Waals surface area (Å²) in [4.78, 5) is 10.9. The summed E-state index contributed by atoms with van der Waals surface area (Å²) >= 11 is 0. The number of aryl methyl sites for hydroxylation is 1. The second-order valence-corrected chi connectivity index (χ2v) is 3.01. The van der Waals surface area contributed by atoms with Gasteiger partial charge in [0.1, 0.15) is 6.10 Å². The van der Waals surface area contributed by atoms with Crippen LogP contribution in [0, 0.1) is 6.92 Å². The molecule has 0 amide bonds. The molecule has 1 heterocycles. The molecule has 0 aliphatic heterocycles. The minimum atomic E-state index is -1.65. The van der Waals surface area contributed by atoms with E-state index in [1.165, 1.54) is 6.07 Å². The second kappa shape index (κ2) is 4.81. The summed E-state index contributed by atoms with van der Waals surface area (Å²) in [7, 11) is 1.12. The van der Waals surface area contributed by atoms with Gasteiger partial charge in [-0.1, -0.05) is 0 Å². The Morgan fingerprint density at radius 1 is 1.40 bits per heavy atom. The van der Waals surface area contributed by atoms with Gasteiger partial charge >= 0.3 is 5.97 Å². The Bertz CT molecular complexity index is 338. The number of nitrogens with zero attached hydrogens (tertiary/aromatic N) is 2. The fourth-order valence-corrected chi connectivity index (χ4v) is 0.978. The number of aliphatic hydroxyl groups excluding tert-OH is 2. The first-order valence-electron chi connectivity index (χ1n) is 4.30. The minimum Gasteiger partial charge on any atom is -0.467 e. The van der Waals surface area contributed by atoms with Crippen LogP contribution in [0.1, 0.15) is 17.5 Å². The van der Waals surface area contributed by atoms with Gasteiger partial charge in [-0.05, 0) is 19.1 Å². The summed E-state index contributed by atoms with van der Waals surface area (Å²) in [5.74, 6) is -0.912. The van der Waals surface area contributed by atoms with Crippen LogP contribution in [0.2, 0.25) is 0 Å². The first-order chi connectivity index (χ1) is 7.06. The van der Waals surface area contributed by atoms with Crippen molar-refractivity contribution in [2.75, 3.05) is 7.11 Å². The van der Waals surface area contributed by atoms with Gasteiger partial charge in [0.25, 0.3) is 0 Å². The van der Waals surface area contributed by atoms with Gasteiger partial charge in [0.05, 0.1) is 18.5 Å². The lowest BCUT2D eigenvalue weighted by molar-refractivity contribution is -0.157. The van der Waals surface area contributed by atoms with Crippen molar-refractivity contribution in [2.45, 2.75) is 19.1 Å². The zero-order chi connectivity index (χ0) is 11.4. The molecule has 0 bridgehead atoms. The Kier molecular flexibility index (Phi) is 3.70. The summed E-state index contributed by atoms with van der Waals surface area (Å²) < 4.78 is 4.28. The molecule has 0 aliphatic rings. The van der Waals surface area contributed by atoms with Gasteiger partial charge in [-0.2, -0.15) is 10.2 Å². The van der Waals surface area contributed by atoms with E-state index in [0.717, 1.165) is 7.11 Å². The van der Waals surface area contributed by atoms with Crippen LogP contribution in [0.4, 0.5) is 0 Å². The Morgan fingerprint density at radius 2 is 2.07 bits per heavy atom. The van der Waals surface area contributed by atoms with Crippen LogP contribution < -0.4 is 0 Å². The van der Waals surface area contributed by atoms with Crippen LogP contribution >= 0.6 is 0 Å². The van der Waals surface area contributed by atoms with Gasteiger partial charge in [0, 0.05) is 0 Å². The molecular formula is C9H12N2O4. The predicted molar refractivity (Wildman–Crippen MR) is 49.8 cm³/mol. The van der Waals surface area contributed by atoms with E-state index >= 15 is 0 Å². The third kappa shape index (κ3) is 2.71. The zero-order valence-electron chi connectivity index (χ0n) is 8.41. The van der Waals surface area contributed by atoms with E-state index in [9.17, 15) is 15.0 Å². The quantitative estimate of drug-likeness (QED) is 0.647. The van der Waals surface area contributed by atoms with E-state index in [-0.39, 0.29) is 5.69 Å². The number of methoxy groups -OCH3 is 1. The van der Waals surface area contributed by atoms with Gasteiger partial charge in [-0.25, -0.2) is 4.79 Å². The molecule has 0 spiro atoms. The second-order valence-electron chi connectivity index (χ2n) is 3.01. The molecule has 2 atom stereocenters. The molecule has 2 unspecified atom stereocenters. The lowest BCUT2D eigenvalue weighted by Crippen LogP contribution is -2.29. The molecule has 0 aromatic carbocycles. The first-order valence-corrected chi connectivity index (χ1v) is 4.30. The van der Waals surface area contributed by atoms with Crippen LogP contribution in [0.15, 0.2) is 12.1 Å². The van der Waals surface area contributed by atoms with Crippen molar-refractivity contribution in [3.8, 4) is 0 Å². The highest BCUT2D eigenvalue weighted by molar-refractivity contribution is 5.75. The molecule has 0 fully saturated rings. The molecule has 0 saturated carbocycles. The zero-order valence-corrected chi connectivity index (χ0v) is 8.41. The number of rotatable bonds is 3. The molecule has 1 aromatic heterocycles. The van der Waals surface area contributed by atoms with E-state index in [2.05, 4.69) is 14.9 Å². The van der Waals surface area contributed by atoms with Gasteiger partial charge in [-0.15, -0.1) is 0 Å². The van der Waals surface area contributed by atoms with E-state index in [1.807, 2.05) is 0 Å². The van der Waals surface area contributed by atoms with Crippen LogP contribution in [0.3, 0.4) is 0 Å². The third-order valence-electron chi connectivity index (χ3n) is 1.86. The van der Waals surface area contributed by atoms with E-state index in [4.69, 9.17) is 0 Å². The van der Waals surface area contributed by atoms with Gasteiger partial charge in [-0.3, -0.25) is 0 Å². The Balaban J connectivity index is 2.80. The number of hydrogen-bond donors (Lipinski definition) is 2. The smallest absolute Gasteiger partial charge is 0.337 e. The summed E-state index contributed by atoms with van der Waals surface area (Å²) in [5, 5.41) is 26.2. The van der Waals surface area contributed by atoms with Gasteiger partial charge in [0.2, 0.25) is 0 Å². The van der Waals surface area contributed by atoms with Crippen molar-refractivity contribution in [3.05, 3.63) is 23.5 Å². The maximum atomic E-state index is 10.9. The molecule has 15 heavy (non-hydrogen) atoms. The molecule has 6 nitrogen and oxygen atoms in total. The summed E-state index contributed by atoms with van der Waals surface area (Å²) in [5.41, 5.74) is 0.803. The van der Waals surface area contributed by atoms with Crippen LogP contribution in [0.5, 0.6) is 0 Å². The van der Waals surface area contributed by atoms with Crippen LogP contribution in [0.25, 0.3) is 0 Å². The number of aliphatic hydroxyl groups is 2. The lowest BCUT2D eigenvalue weighted by atomic mass is 10.1. The van der Waals surface area contributed by atoms with Crippen molar-refractivity contribution in [3.63, 3.8) is 0 Å².